The van der Waals surface area contributed by atoms with Crippen molar-refractivity contribution in [2.24, 2.45) is 0 Å². The third-order valence-electron chi connectivity index (χ3n) is 6.84. The largest absolute Gasteiger partial charge is 0.313 e. The molecule has 0 radical (unpaired) electrons. The highest BCUT2D eigenvalue weighted by molar-refractivity contribution is 7.80. The standard InChI is InChI=1S/C30H26NO3P/c1-2-27(31(32)33)30(24-14-4-3-5-15-24)35(34,28-20-10-16-22-12-6-8-18-25(22)28)29-21-11-17-23-13-7-9-19-26(23)29/h3-21,27,30H,2H2,1H3/t27-,30+/m0/s1. The topological polar surface area (TPSA) is 60.2 Å². The van der Waals surface area contributed by atoms with Crippen molar-refractivity contribution >= 4 is 39.3 Å². The Kier molecular flexibility index (Phi) is 6.23. The van der Waals surface area contributed by atoms with Crippen LogP contribution in [0.2, 0.25) is 0 Å². The van der Waals surface area contributed by atoms with E-state index in [1.807, 2.05) is 115 Å². The van der Waals surface area contributed by atoms with Gasteiger partial charge in [0.1, 0.15) is 5.66 Å². The van der Waals surface area contributed by atoms with Crippen LogP contribution in [0.1, 0.15) is 24.6 Å². The Balaban J connectivity index is 1.95. The van der Waals surface area contributed by atoms with Gasteiger partial charge in [-0.25, -0.2) is 0 Å². The molecule has 4 nitrogen and oxygen atoms in total. The Morgan fingerprint density at radius 3 is 1.63 bits per heavy atom. The third kappa shape index (κ3) is 3.94. The second-order valence-electron chi connectivity index (χ2n) is 8.77. The first-order valence-electron chi connectivity index (χ1n) is 11.8. The molecule has 0 amide bonds. The first-order valence-corrected chi connectivity index (χ1v) is 13.6. The summed E-state index contributed by atoms with van der Waals surface area (Å²) in [6.07, 6.45) is 0.270. The van der Waals surface area contributed by atoms with Crippen LogP contribution in [0, 0.1) is 10.1 Å². The minimum atomic E-state index is -3.62. The SMILES string of the molecule is CC[C@@H]([C@@H](c1ccccc1)P(=O)(c1cccc2ccccc12)c1cccc2ccccc12)[N+](=O)[O-]. The van der Waals surface area contributed by atoms with Gasteiger partial charge in [-0.05, 0) is 27.1 Å². The molecule has 0 aliphatic heterocycles. The summed E-state index contributed by atoms with van der Waals surface area (Å²) in [5, 5.41) is 17.5. The molecule has 2 atom stereocenters. The maximum atomic E-state index is 15.9. The lowest BCUT2D eigenvalue weighted by molar-refractivity contribution is -0.523. The molecule has 5 aromatic rings. The van der Waals surface area contributed by atoms with Gasteiger partial charge in [0.05, 0.1) is 0 Å². The van der Waals surface area contributed by atoms with E-state index in [0.717, 1.165) is 27.1 Å². The Morgan fingerprint density at radius 2 is 1.14 bits per heavy atom. The van der Waals surface area contributed by atoms with Gasteiger partial charge >= 0.3 is 0 Å². The predicted molar refractivity (Wildman–Crippen MR) is 145 cm³/mol. The number of benzene rings is 5. The number of hydrogen-bond donors (Lipinski definition) is 0. The second kappa shape index (κ2) is 9.48. The molecule has 0 saturated heterocycles. The lowest BCUT2D eigenvalue weighted by Crippen LogP contribution is -2.33. The molecule has 0 aliphatic rings. The summed E-state index contributed by atoms with van der Waals surface area (Å²) < 4.78 is 15.9. The first-order chi connectivity index (χ1) is 17.1. The van der Waals surface area contributed by atoms with Crippen LogP contribution in [-0.4, -0.2) is 11.0 Å². The van der Waals surface area contributed by atoms with Gasteiger partial charge in [0, 0.05) is 22.0 Å². The van der Waals surface area contributed by atoms with Crippen molar-refractivity contribution in [1.82, 2.24) is 0 Å². The Bertz CT molecular complexity index is 1470. The highest BCUT2D eigenvalue weighted by Crippen LogP contribution is 2.61. The van der Waals surface area contributed by atoms with Crippen LogP contribution in [0.4, 0.5) is 0 Å². The van der Waals surface area contributed by atoms with E-state index in [-0.39, 0.29) is 11.3 Å². The molecule has 0 aliphatic carbocycles. The molecular formula is C30H26NO3P. The van der Waals surface area contributed by atoms with Gasteiger partial charge in [0.25, 0.3) is 0 Å². The van der Waals surface area contributed by atoms with Gasteiger partial charge in [0.15, 0.2) is 7.14 Å². The van der Waals surface area contributed by atoms with E-state index in [1.54, 1.807) is 6.92 Å². The zero-order valence-corrected chi connectivity index (χ0v) is 20.3. The molecule has 0 spiro atoms. The van der Waals surface area contributed by atoms with E-state index in [2.05, 4.69) is 0 Å². The summed E-state index contributed by atoms with van der Waals surface area (Å²) in [6.45, 7) is 1.81. The molecule has 0 bridgehead atoms. The molecule has 0 unspecified atom stereocenters. The molecule has 0 heterocycles. The van der Waals surface area contributed by atoms with Crippen LogP contribution >= 0.6 is 7.14 Å². The molecule has 35 heavy (non-hydrogen) atoms. The van der Waals surface area contributed by atoms with E-state index in [0.29, 0.717) is 10.6 Å². The van der Waals surface area contributed by atoms with Crippen molar-refractivity contribution in [2.75, 3.05) is 0 Å². The Hall–Kier alpha value is -3.75. The van der Waals surface area contributed by atoms with E-state index in [4.69, 9.17) is 0 Å². The van der Waals surface area contributed by atoms with Crippen LogP contribution in [0.3, 0.4) is 0 Å². The monoisotopic (exact) mass is 479 g/mol. The smallest absolute Gasteiger partial charge is 0.227 e. The minimum Gasteiger partial charge on any atom is -0.313 e. The molecule has 5 heteroatoms. The van der Waals surface area contributed by atoms with Crippen LogP contribution in [0.25, 0.3) is 21.5 Å². The van der Waals surface area contributed by atoms with E-state index in [9.17, 15) is 10.1 Å². The van der Waals surface area contributed by atoms with Crippen molar-refractivity contribution in [1.29, 1.82) is 0 Å². The lowest BCUT2D eigenvalue weighted by Gasteiger charge is -2.32. The van der Waals surface area contributed by atoms with Gasteiger partial charge in [0.2, 0.25) is 6.04 Å². The molecule has 174 valence electrons. The number of nitrogens with zero attached hydrogens (tertiary/aromatic N) is 1. The average molecular weight is 480 g/mol. The summed E-state index contributed by atoms with van der Waals surface area (Å²) >= 11 is 0. The molecule has 5 aromatic carbocycles. The van der Waals surface area contributed by atoms with Crippen LogP contribution in [-0.2, 0) is 4.57 Å². The quantitative estimate of drug-likeness (QED) is 0.142. The third-order valence-corrected chi connectivity index (χ3v) is 10.5. The first kappa shape index (κ1) is 23.0. The Labute approximate surface area is 204 Å². The molecule has 5 rings (SSSR count). The summed E-state index contributed by atoms with van der Waals surface area (Å²) in [5.74, 6) is 0. The van der Waals surface area contributed by atoms with E-state index in [1.165, 1.54) is 0 Å². The molecular weight excluding hydrogens is 453 g/mol. The zero-order valence-electron chi connectivity index (χ0n) is 19.5. The number of hydrogen-bond acceptors (Lipinski definition) is 3. The van der Waals surface area contributed by atoms with Crippen LogP contribution in [0.15, 0.2) is 115 Å². The van der Waals surface area contributed by atoms with Gasteiger partial charge in [-0.2, -0.15) is 0 Å². The lowest BCUT2D eigenvalue weighted by atomic mass is 10.0. The predicted octanol–water partition coefficient (Wildman–Crippen LogP) is 7.10. The fraction of sp³-hybridized carbons (Fsp3) is 0.133. The fourth-order valence-corrected chi connectivity index (χ4v) is 9.23. The maximum Gasteiger partial charge on any atom is 0.227 e. The number of fused-ring (bicyclic) bond motifs is 2. The molecule has 0 fully saturated rings. The van der Waals surface area contributed by atoms with Gasteiger partial charge in [-0.15, -0.1) is 0 Å². The van der Waals surface area contributed by atoms with Crippen molar-refractivity contribution in [3.63, 3.8) is 0 Å². The summed E-state index contributed by atoms with van der Waals surface area (Å²) in [5.41, 5.74) is -0.0967. The van der Waals surface area contributed by atoms with Crippen molar-refractivity contribution in [2.45, 2.75) is 25.0 Å². The number of nitro groups is 1. The molecule has 0 saturated carbocycles. The van der Waals surface area contributed by atoms with Gasteiger partial charge in [-0.3, -0.25) is 10.1 Å². The van der Waals surface area contributed by atoms with E-state index < -0.39 is 18.8 Å². The summed E-state index contributed by atoms with van der Waals surface area (Å²) in [7, 11) is -3.62. The van der Waals surface area contributed by atoms with Crippen LogP contribution in [0.5, 0.6) is 0 Å². The second-order valence-corrected chi connectivity index (χ2v) is 11.6. The normalized spacial score (nSPS) is 13.5. The number of rotatable bonds is 7. The summed E-state index contributed by atoms with van der Waals surface area (Å²) in [6, 6.07) is 35.7. The van der Waals surface area contributed by atoms with Crippen LogP contribution < -0.4 is 10.6 Å². The maximum absolute atomic E-state index is 15.9. The highest BCUT2D eigenvalue weighted by Gasteiger charge is 2.48. The minimum absolute atomic E-state index is 0.249. The summed E-state index contributed by atoms with van der Waals surface area (Å²) in [4.78, 5) is 12.2. The zero-order chi connectivity index (χ0) is 24.4. The Morgan fingerprint density at radius 1 is 0.686 bits per heavy atom. The van der Waals surface area contributed by atoms with Gasteiger partial charge in [-0.1, -0.05) is 122 Å². The van der Waals surface area contributed by atoms with Crippen molar-refractivity contribution < 1.29 is 9.49 Å². The molecule has 0 aromatic heterocycles. The highest BCUT2D eigenvalue weighted by atomic mass is 31.2. The fourth-order valence-electron chi connectivity index (χ4n) is 5.24. The average Bonchev–Trinajstić information content (AvgIpc) is 2.91. The molecule has 0 N–H and O–H groups in total. The van der Waals surface area contributed by atoms with Gasteiger partial charge < -0.3 is 4.57 Å². The van der Waals surface area contributed by atoms with Crippen molar-refractivity contribution in [3.05, 3.63) is 131 Å². The van der Waals surface area contributed by atoms with Crippen molar-refractivity contribution in [3.8, 4) is 0 Å². The van der Waals surface area contributed by atoms with E-state index >= 15 is 4.57 Å².